The Hall–Kier alpha value is -3.46. The third-order valence-electron chi connectivity index (χ3n) is 5.33. The van der Waals surface area contributed by atoms with Crippen molar-refractivity contribution in [1.82, 2.24) is 4.98 Å². The molecule has 0 amide bonds. The van der Waals surface area contributed by atoms with Gasteiger partial charge in [0, 0.05) is 22.7 Å². The number of methoxy groups -OCH3 is 2. The van der Waals surface area contributed by atoms with Gasteiger partial charge in [0.2, 0.25) is 0 Å². The van der Waals surface area contributed by atoms with Crippen molar-refractivity contribution in [2.45, 2.75) is 13.3 Å². The van der Waals surface area contributed by atoms with Crippen LogP contribution in [-0.2, 0) is 0 Å². The minimum absolute atomic E-state index is 0.855. The molecule has 3 nitrogen and oxygen atoms in total. The van der Waals surface area contributed by atoms with Crippen LogP contribution in [0.5, 0.6) is 11.5 Å². The van der Waals surface area contributed by atoms with E-state index in [2.05, 4.69) is 66.6 Å². The van der Waals surface area contributed by atoms with Gasteiger partial charge in [-0.05, 0) is 59.0 Å². The van der Waals surface area contributed by atoms with Gasteiger partial charge in [0.1, 0.15) is 11.5 Å². The Balaban J connectivity index is 1.97. The molecule has 0 atom stereocenters. The normalized spacial score (nSPS) is 10.7. The van der Waals surface area contributed by atoms with Crippen LogP contribution < -0.4 is 9.47 Å². The zero-order valence-electron chi connectivity index (χ0n) is 17.0. The van der Waals surface area contributed by atoms with Crippen molar-refractivity contribution < 1.29 is 9.47 Å². The Morgan fingerprint density at radius 1 is 0.759 bits per heavy atom. The number of rotatable bonds is 6. The molecule has 0 aliphatic rings. The number of aromatic amines is 1. The van der Waals surface area contributed by atoms with Crippen molar-refractivity contribution in [2.24, 2.45) is 0 Å². The van der Waals surface area contributed by atoms with E-state index in [1.807, 2.05) is 24.3 Å². The number of benzene rings is 3. The van der Waals surface area contributed by atoms with Gasteiger partial charge >= 0.3 is 0 Å². The van der Waals surface area contributed by atoms with E-state index >= 15 is 0 Å². The van der Waals surface area contributed by atoms with Crippen molar-refractivity contribution in [3.8, 4) is 11.5 Å². The van der Waals surface area contributed by atoms with Gasteiger partial charge in [-0.15, -0.1) is 0 Å². The third-order valence-corrected chi connectivity index (χ3v) is 5.33. The second-order valence-electron chi connectivity index (χ2n) is 6.91. The molecule has 1 N–H and O–H groups in total. The second-order valence-corrected chi connectivity index (χ2v) is 6.91. The predicted octanol–water partition coefficient (Wildman–Crippen LogP) is 6.55. The molecule has 0 spiro atoms. The molecule has 3 aromatic carbocycles. The third kappa shape index (κ3) is 3.64. The maximum Gasteiger partial charge on any atom is 0.118 e. The Bertz CT molecular complexity index is 1090. The minimum Gasteiger partial charge on any atom is -0.497 e. The summed E-state index contributed by atoms with van der Waals surface area (Å²) in [6.45, 7) is 2.21. The van der Waals surface area contributed by atoms with E-state index in [0.717, 1.165) is 34.6 Å². The van der Waals surface area contributed by atoms with Crippen molar-refractivity contribution in [3.05, 3.63) is 95.7 Å². The van der Waals surface area contributed by atoms with Gasteiger partial charge in [-0.2, -0.15) is 0 Å². The molecule has 0 aliphatic carbocycles. The first-order valence-corrected chi connectivity index (χ1v) is 9.83. The number of nitrogens with one attached hydrogen (secondary N) is 1. The molecular formula is C26H25NO2. The highest BCUT2D eigenvalue weighted by Gasteiger charge is 2.16. The van der Waals surface area contributed by atoms with Gasteiger partial charge in [-0.1, -0.05) is 49.4 Å². The Kier molecular flexibility index (Phi) is 5.39. The number of aromatic nitrogens is 1. The lowest BCUT2D eigenvalue weighted by atomic mass is 9.88. The maximum atomic E-state index is 5.36. The fraction of sp³-hybridized carbons (Fsp3) is 0.154. The topological polar surface area (TPSA) is 34.2 Å². The summed E-state index contributed by atoms with van der Waals surface area (Å²) >= 11 is 0. The average Bonchev–Trinajstić information content (AvgIpc) is 3.21. The molecule has 29 heavy (non-hydrogen) atoms. The van der Waals surface area contributed by atoms with Gasteiger partial charge in [0.25, 0.3) is 0 Å². The van der Waals surface area contributed by atoms with Crippen molar-refractivity contribution in [3.63, 3.8) is 0 Å². The molecule has 0 radical (unpaired) electrons. The first-order valence-electron chi connectivity index (χ1n) is 9.83. The van der Waals surface area contributed by atoms with Crippen LogP contribution in [0.15, 0.2) is 79.0 Å². The summed E-state index contributed by atoms with van der Waals surface area (Å²) in [6, 6.07) is 25.0. The van der Waals surface area contributed by atoms with Crippen LogP contribution in [-0.4, -0.2) is 19.2 Å². The Morgan fingerprint density at radius 2 is 1.31 bits per heavy atom. The van der Waals surface area contributed by atoms with Crippen LogP contribution in [0.3, 0.4) is 0 Å². The summed E-state index contributed by atoms with van der Waals surface area (Å²) in [5, 5.41) is 1.24. The van der Waals surface area contributed by atoms with Crippen molar-refractivity contribution >= 4 is 22.0 Å². The Morgan fingerprint density at radius 3 is 1.83 bits per heavy atom. The zero-order valence-corrected chi connectivity index (χ0v) is 17.0. The summed E-state index contributed by atoms with van der Waals surface area (Å²) in [5.74, 6) is 1.71. The van der Waals surface area contributed by atoms with Gasteiger partial charge < -0.3 is 14.5 Å². The number of allylic oxidation sites excluding steroid dienone is 1. The van der Waals surface area contributed by atoms with E-state index < -0.39 is 0 Å². The average molecular weight is 383 g/mol. The predicted molar refractivity (Wildman–Crippen MR) is 120 cm³/mol. The fourth-order valence-corrected chi connectivity index (χ4v) is 3.85. The maximum absolute atomic E-state index is 5.36. The van der Waals surface area contributed by atoms with Crippen LogP contribution in [0.4, 0.5) is 0 Å². The summed E-state index contributed by atoms with van der Waals surface area (Å²) < 4.78 is 10.7. The van der Waals surface area contributed by atoms with Crippen molar-refractivity contribution in [2.75, 3.05) is 14.2 Å². The van der Waals surface area contributed by atoms with Gasteiger partial charge in [0.05, 0.1) is 14.2 Å². The molecule has 1 heterocycles. The van der Waals surface area contributed by atoms with E-state index in [-0.39, 0.29) is 0 Å². The largest absolute Gasteiger partial charge is 0.497 e. The van der Waals surface area contributed by atoms with Crippen LogP contribution in [0, 0.1) is 0 Å². The Labute approximate surface area is 171 Å². The first-order chi connectivity index (χ1) is 14.2. The number of hydrogen-bond acceptors (Lipinski definition) is 2. The fourth-order valence-electron chi connectivity index (χ4n) is 3.85. The molecule has 0 bridgehead atoms. The van der Waals surface area contributed by atoms with Gasteiger partial charge in [-0.3, -0.25) is 0 Å². The molecule has 0 aliphatic heterocycles. The molecule has 0 unspecified atom stereocenters. The molecular weight excluding hydrogens is 358 g/mol. The number of H-pyrrole nitrogens is 1. The molecule has 0 saturated carbocycles. The van der Waals surface area contributed by atoms with E-state index in [9.17, 15) is 0 Å². The van der Waals surface area contributed by atoms with E-state index in [0.29, 0.717) is 0 Å². The lowest BCUT2D eigenvalue weighted by Crippen LogP contribution is -1.95. The number of ether oxygens (including phenoxy) is 2. The minimum atomic E-state index is 0.855. The number of hydrogen-bond donors (Lipinski definition) is 1. The lowest BCUT2D eigenvalue weighted by Gasteiger charge is -2.16. The smallest absolute Gasteiger partial charge is 0.118 e. The highest BCUT2D eigenvalue weighted by molar-refractivity contribution is 6.04. The summed E-state index contributed by atoms with van der Waals surface area (Å²) in [6.07, 6.45) is 3.03. The molecule has 146 valence electrons. The van der Waals surface area contributed by atoms with Crippen LogP contribution in [0.25, 0.3) is 22.0 Å². The molecule has 0 saturated heterocycles. The quantitative estimate of drug-likeness (QED) is 0.409. The van der Waals surface area contributed by atoms with Crippen LogP contribution in [0.2, 0.25) is 0 Å². The highest BCUT2D eigenvalue weighted by Crippen LogP contribution is 2.38. The summed E-state index contributed by atoms with van der Waals surface area (Å²) in [4.78, 5) is 3.42. The van der Waals surface area contributed by atoms with Crippen LogP contribution >= 0.6 is 0 Å². The number of para-hydroxylation sites is 1. The van der Waals surface area contributed by atoms with Gasteiger partial charge in [0.15, 0.2) is 0 Å². The lowest BCUT2D eigenvalue weighted by molar-refractivity contribution is 0.414. The molecule has 0 fully saturated rings. The van der Waals surface area contributed by atoms with Crippen molar-refractivity contribution in [1.29, 1.82) is 0 Å². The standard InChI is InChI=1S/C26H25NO2/c1-4-22(24-17-27-25-8-6-5-7-23(24)25)26(18-9-13-20(28-2)14-10-18)19-11-15-21(29-3)16-12-19/h5-17,27H,4H2,1-3H3. The zero-order chi connectivity index (χ0) is 20.2. The van der Waals surface area contributed by atoms with Crippen LogP contribution in [0.1, 0.15) is 30.0 Å². The summed E-state index contributed by atoms with van der Waals surface area (Å²) in [7, 11) is 3.39. The monoisotopic (exact) mass is 383 g/mol. The molecule has 3 heteroatoms. The first kappa shape index (κ1) is 18.9. The summed E-state index contributed by atoms with van der Waals surface area (Å²) in [5.41, 5.74) is 7.25. The molecule has 1 aromatic heterocycles. The van der Waals surface area contributed by atoms with E-state index in [4.69, 9.17) is 9.47 Å². The van der Waals surface area contributed by atoms with E-state index in [1.54, 1.807) is 14.2 Å². The number of fused-ring (bicyclic) bond motifs is 1. The molecule has 4 aromatic rings. The highest BCUT2D eigenvalue weighted by atomic mass is 16.5. The van der Waals surface area contributed by atoms with E-state index in [1.165, 1.54) is 22.1 Å². The second kappa shape index (κ2) is 8.27. The molecule has 4 rings (SSSR count). The van der Waals surface area contributed by atoms with Gasteiger partial charge in [-0.25, -0.2) is 0 Å². The SMILES string of the molecule is CCC(=C(c1ccc(OC)cc1)c1ccc(OC)cc1)c1c[nH]c2ccccc12.